The van der Waals surface area contributed by atoms with E-state index in [-0.39, 0.29) is 11.7 Å². The lowest BCUT2D eigenvalue weighted by molar-refractivity contribution is -0.117. The van der Waals surface area contributed by atoms with Gasteiger partial charge in [0.25, 0.3) is 0 Å². The zero-order valence-electron chi connectivity index (χ0n) is 12.2. The Bertz CT molecular complexity index is 555. The third kappa shape index (κ3) is 3.10. The number of hydrogen-bond donors (Lipinski definition) is 0. The summed E-state index contributed by atoms with van der Waals surface area (Å²) >= 11 is 0. The van der Waals surface area contributed by atoms with Crippen molar-refractivity contribution in [3.8, 4) is 11.5 Å². The van der Waals surface area contributed by atoms with E-state index in [1.54, 1.807) is 21.1 Å². The molecule has 20 heavy (non-hydrogen) atoms. The van der Waals surface area contributed by atoms with Gasteiger partial charge in [-0.05, 0) is 31.0 Å². The SMILES string of the molecule is COc1ccc(C(CC(C)=O)C2=CC=CC2)cc1OC. The highest BCUT2D eigenvalue weighted by Crippen LogP contribution is 2.37. The highest BCUT2D eigenvalue weighted by molar-refractivity contribution is 5.77. The molecule has 0 amide bonds. The summed E-state index contributed by atoms with van der Waals surface area (Å²) in [7, 11) is 3.24. The number of carbonyl (C=O) groups excluding carboxylic acids is 1. The van der Waals surface area contributed by atoms with Gasteiger partial charge in [-0.2, -0.15) is 0 Å². The highest BCUT2D eigenvalue weighted by atomic mass is 16.5. The van der Waals surface area contributed by atoms with Crippen LogP contribution in [-0.2, 0) is 4.79 Å². The van der Waals surface area contributed by atoms with Gasteiger partial charge in [0.15, 0.2) is 11.5 Å². The molecule has 1 aliphatic rings. The van der Waals surface area contributed by atoms with Crippen LogP contribution in [0.3, 0.4) is 0 Å². The van der Waals surface area contributed by atoms with Crippen molar-refractivity contribution in [2.75, 3.05) is 14.2 Å². The third-order valence-electron chi connectivity index (χ3n) is 3.55. The van der Waals surface area contributed by atoms with Crippen LogP contribution in [0.4, 0.5) is 0 Å². The van der Waals surface area contributed by atoms with Gasteiger partial charge in [0.05, 0.1) is 14.2 Å². The van der Waals surface area contributed by atoms with Gasteiger partial charge in [-0.25, -0.2) is 0 Å². The molecule has 0 N–H and O–H groups in total. The molecular weight excluding hydrogens is 252 g/mol. The summed E-state index contributed by atoms with van der Waals surface area (Å²) in [6, 6.07) is 5.87. The molecule has 0 fully saturated rings. The number of Topliss-reactive ketones (excluding diaryl/α,β-unsaturated/α-hetero) is 1. The summed E-state index contributed by atoms with van der Waals surface area (Å²) < 4.78 is 10.6. The third-order valence-corrected chi connectivity index (χ3v) is 3.55. The van der Waals surface area contributed by atoms with E-state index in [9.17, 15) is 4.79 Å². The van der Waals surface area contributed by atoms with Crippen molar-refractivity contribution in [3.63, 3.8) is 0 Å². The summed E-state index contributed by atoms with van der Waals surface area (Å²) in [5, 5.41) is 0. The minimum Gasteiger partial charge on any atom is -0.493 e. The topological polar surface area (TPSA) is 35.5 Å². The van der Waals surface area contributed by atoms with E-state index < -0.39 is 0 Å². The molecule has 0 aliphatic heterocycles. The maximum Gasteiger partial charge on any atom is 0.161 e. The van der Waals surface area contributed by atoms with Crippen LogP contribution in [0, 0.1) is 0 Å². The number of allylic oxidation sites excluding steroid dienone is 4. The van der Waals surface area contributed by atoms with Gasteiger partial charge < -0.3 is 9.47 Å². The van der Waals surface area contributed by atoms with Crippen LogP contribution >= 0.6 is 0 Å². The van der Waals surface area contributed by atoms with Gasteiger partial charge in [-0.1, -0.05) is 29.9 Å². The van der Waals surface area contributed by atoms with Crippen LogP contribution in [0.1, 0.15) is 31.2 Å². The second-order valence-corrected chi connectivity index (χ2v) is 4.95. The van der Waals surface area contributed by atoms with Crippen molar-refractivity contribution in [3.05, 3.63) is 47.6 Å². The molecule has 0 spiro atoms. The number of hydrogen-bond acceptors (Lipinski definition) is 3. The van der Waals surface area contributed by atoms with Gasteiger partial charge in [0.1, 0.15) is 5.78 Å². The minimum atomic E-state index is 0.113. The molecule has 1 aromatic carbocycles. The lowest BCUT2D eigenvalue weighted by Crippen LogP contribution is -2.07. The Morgan fingerprint density at radius 1 is 1.25 bits per heavy atom. The Morgan fingerprint density at radius 3 is 2.55 bits per heavy atom. The fourth-order valence-electron chi connectivity index (χ4n) is 2.54. The molecule has 106 valence electrons. The first-order valence-electron chi connectivity index (χ1n) is 6.72. The van der Waals surface area contributed by atoms with Crippen molar-refractivity contribution >= 4 is 5.78 Å². The molecule has 0 aromatic heterocycles. The Hall–Kier alpha value is -2.03. The molecule has 1 aliphatic carbocycles. The standard InChI is InChI=1S/C17H20O3/c1-12(18)10-15(13-6-4-5-7-13)14-8-9-16(19-2)17(11-14)20-3/h4-6,8-9,11,15H,7,10H2,1-3H3. The minimum absolute atomic E-state index is 0.113. The van der Waals surface area contributed by atoms with Crippen molar-refractivity contribution in [2.45, 2.75) is 25.7 Å². The Labute approximate surface area is 119 Å². The van der Waals surface area contributed by atoms with Crippen LogP contribution in [0.25, 0.3) is 0 Å². The molecular formula is C17H20O3. The quantitative estimate of drug-likeness (QED) is 0.793. The first-order valence-corrected chi connectivity index (χ1v) is 6.72. The van der Waals surface area contributed by atoms with Gasteiger partial charge in [0, 0.05) is 12.3 Å². The van der Waals surface area contributed by atoms with Gasteiger partial charge in [-0.3, -0.25) is 4.79 Å². The molecule has 3 nitrogen and oxygen atoms in total. The second-order valence-electron chi connectivity index (χ2n) is 4.95. The molecule has 1 aromatic rings. The van der Waals surface area contributed by atoms with Gasteiger partial charge >= 0.3 is 0 Å². The molecule has 0 saturated carbocycles. The van der Waals surface area contributed by atoms with Crippen LogP contribution < -0.4 is 9.47 Å². The summed E-state index contributed by atoms with van der Waals surface area (Å²) in [5.41, 5.74) is 2.36. The Kier molecular flexibility index (Phi) is 4.61. The number of ether oxygens (including phenoxy) is 2. The van der Waals surface area contributed by atoms with E-state index in [4.69, 9.17) is 9.47 Å². The van der Waals surface area contributed by atoms with Crippen LogP contribution in [0.15, 0.2) is 42.0 Å². The van der Waals surface area contributed by atoms with Gasteiger partial charge in [-0.15, -0.1) is 0 Å². The first kappa shape index (κ1) is 14.4. The predicted molar refractivity (Wildman–Crippen MR) is 79.4 cm³/mol. The Balaban J connectivity index is 2.35. The molecule has 0 bridgehead atoms. The molecule has 0 saturated heterocycles. The normalized spacial score (nSPS) is 14.8. The monoisotopic (exact) mass is 272 g/mol. The van der Waals surface area contributed by atoms with Crippen molar-refractivity contribution in [1.29, 1.82) is 0 Å². The number of rotatable bonds is 6. The zero-order valence-corrected chi connectivity index (χ0v) is 12.2. The zero-order chi connectivity index (χ0) is 14.5. The molecule has 1 atom stereocenters. The average molecular weight is 272 g/mol. The summed E-state index contributed by atoms with van der Waals surface area (Å²) in [6.45, 7) is 1.64. The van der Waals surface area contributed by atoms with Crippen molar-refractivity contribution in [1.82, 2.24) is 0 Å². The fourth-order valence-corrected chi connectivity index (χ4v) is 2.54. The first-order chi connectivity index (χ1) is 9.65. The Morgan fingerprint density at radius 2 is 2.00 bits per heavy atom. The van der Waals surface area contributed by atoms with Crippen molar-refractivity contribution < 1.29 is 14.3 Å². The smallest absolute Gasteiger partial charge is 0.161 e. The number of carbonyl (C=O) groups is 1. The van der Waals surface area contributed by atoms with Gasteiger partial charge in [0.2, 0.25) is 0 Å². The van der Waals surface area contributed by atoms with E-state index in [1.807, 2.05) is 24.3 Å². The lowest BCUT2D eigenvalue weighted by Gasteiger charge is -2.19. The van der Waals surface area contributed by atoms with E-state index >= 15 is 0 Å². The molecule has 1 unspecified atom stereocenters. The van der Waals surface area contributed by atoms with Crippen LogP contribution in [-0.4, -0.2) is 20.0 Å². The summed E-state index contributed by atoms with van der Waals surface area (Å²) in [5.74, 6) is 1.71. The van der Waals surface area contributed by atoms with E-state index in [0.29, 0.717) is 17.9 Å². The molecule has 0 radical (unpaired) electrons. The van der Waals surface area contributed by atoms with Crippen LogP contribution in [0.5, 0.6) is 11.5 Å². The largest absolute Gasteiger partial charge is 0.493 e. The van der Waals surface area contributed by atoms with E-state index in [1.165, 1.54) is 5.57 Å². The summed E-state index contributed by atoms with van der Waals surface area (Å²) in [6.07, 6.45) is 7.69. The van der Waals surface area contributed by atoms with E-state index in [0.717, 1.165) is 12.0 Å². The maximum atomic E-state index is 11.6. The summed E-state index contributed by atoms with van der Waals surface area (Å²) in [4.78, 5) is 11.6. The molecule has 0 heterocycles. The number of methoxy groups -OCH3 is 2. The second kappa shape index (κ2) is 6.42. The van der Waals surface area contributed by atoms with Crippen molar-refractivity contribution in [2.24, 2.45) is 0 Å². The number of benzene rings is 1. The van der Waals surface area contributed by atoms with Crippen LogP contribution in [0.2, 0.25) is 0 Å². The predicted octanol–water partition coefficient (Wildman–Crippen LogP) is 3.65. The fraction of sp³-hybridized carbons (Fsp3) is 0.353. The highest BCUT2D eigenvalue weighted by Gasteiger charge is 2.20. The average Bonchev–Trinajstić information content (AvgIpc) is 2.97. The molecule has 3 heteroatoms. The number of ketones is 1. The van der Waals surface area contributed by atoms with E-state index in [2.05, 4.69) is 12.2 Å². The molecule has 2 rings (SSSR count). The lowest BCUT2D eigenvalue weighted by atomic mass is 9.86. The maximum absolute atomic E-state index is 11.6.